The summed E-state index contributed by atoms with van der Waals surface area (Å²) < 4.78 is 17.8. The lowest BCUT2D eigenvalue weighted by Gasteiger charge is -2.00. The van der Waals surface area contributed by atoms with Gasteiger partial charge in [0, 0.05) is 10.5 Å². The summed E-state index contributed by atoms with van der Waals surface area (Å²) in [5.41, 5.74) is -0.0336. The third kappa shape index (κ3) is 2.77. The molecule has 0 atom stereocenters. The van der Waals surface area contributed by atoms with Crippen LogP contribution in [0.5, 0.6) is 0 Å². The van der Waals surface area contributed by atoms with Crippen LogP contribution < -0.4 is 0 Å². The van der Waals surface area contributed by atoms with E-state index in [1.54, 1.807) is 6.92 Å². The summed E-state index contributed by atoms with van der Waals surface area (Å²) in [4.78, 5) is 14.5. The van der Waals surface area contributed by atoms with Crippen molar-refractivity contribution in [3.63, 3.8) is 0 Å². The van der Waals surface area contributed by atoms with E-state index in [9.17, 15) is 9.18 Å². The number of rotatable bonds is 2. The first-order chi connectivity index (χ1) is 6.13. The quantitative estimate of drug-likeness (QED) is 0.594. The molecule has 70 valence electrons. The van der Waals surface area contributed by atoms with E-state index < -0.39 is 11.9 Å². The van der Waals surface area contributed by atoms with Crippen LogP contribution in [0.3, 0.4) is 0 Å². The fourth-order valence-electron chi connectivity index (χ4n) is 0.775. The van der Waals surface area contributed by atoms with Crippen LogP contribution in [0.4, 0.5) is 4.39 Å². The number of esters is 1. The van der Waals surface area contributed by atoms with Gasteiger partial charge in [0.1, 0.15) is 0 Å². The van der Waals surface area contributed by atoms with Crippen LogP contribution in [-0.4, -0.2) is 17.6 Å². The van der Waals surface area contributed by atoms with Crippen molar-refractivity contribution in [3.8, 4) is 0 Å². The largest absolute Gasteiger partial charge is 0.461 e. The summed E-state index contributed by atoms with van der Waals surface area (Å²) in [6, 6.07) is 2.57. The van der Waals surface area contributed by atoms with E-state index in [2.05, 4.69) is 25.7 Å². The van der Waals surface area contributed by atoms with Crippen LogP contribution in [0.15, 0.2) is 16.6 Å². The van der Waals surface area contributed by atoms with Gasteiger partial charge in [-0.1, -0.05) is 15.9 Å². The van der Waals surface area contributed by atoms with Crippen LogP contribution >= 0.6 is 15.9 Å². The number of hydrogen-bond donors (Lipinski definition) is 0. The zero-order valence-electron chi connectivity index (χ0n) is 6.88. The van der Waals surface area contributed by atoms with Crippen molar-refractivity contribution < 1.29 is 13.9 Å². The molecule has 0 unspecified atom stereocenters. The van der Waals surface area contributed by atoms with Crippen molar-refractivity contribution in [2.75, 3.05) is 6.61 Å². The van der Waals surface area contributed by atoms with Crippen LogP contribution in [0.1, 0.15) is 17.4 Å². The van der Waals surface area contributed by atoms with E-state index in [1.165, 1.54) is 12.1 Å². The van der Waals surface area contributed by atoms with Crippen LogP contribution in [0, 0.1) is 5.95 Å². The first-order valence-electron chi connectivity index (χ1n) is 3.63. The van der Waals surface area contributed by atoms with E-state index in [4.69, 9.17) is 0 Å². The average Bonchev–Trinajstić information content (AvgIpc) is 2.03. The van der Waals surface area contributed by atoms with Gasteiger partial charge in [-0.15, -0.1) is 0 Å². The molecule has 1 rings (SSSR count). The minimum absolute atomic E-state index is 0.0336. The lowest BCUT2D eigenvalue weighted by atomic mass is 10.3. The molecule has 0 aliphatic carbocycles. The fourth-order valence-corrected chi connectivity index (χ4v) is 1.18. The Balaban J connectivity index is 2.94. The Bertz CT molecular complexity index is 310. The van der Waals surface area contributed by atoms with Gasteiger partial charge in [0.25, 0.3) is 0 Å². The van der Waals surface area contributed by atoms with Gasteiger partial charge < -0.3 is 4.74 Å². The van der Waals surface area contributed by atoms with Crippen molar-refractivity contribution in [1.29, 1.82) is 0 Å². The highest BCUT2D eigenvalue weighted by molar-refractivity contribution is 9.10. The molecule has 13 heavy (non-hydrogen) atoms. The molecule has 5 heteroatoms. The number of ether oxygens (including phenoxy) is 1. The lowest BCUT2D eigenvalue weighted by Crippen LogP contribution is -2.07. The highest BCUT2D eigenvalue weighted by Crippen LogP contribution is 2.12. The van der Waals surface area contributed by atoms with Gasteiger partial charge in [-0.2, -0.15) is 4.39 Å². The summed E-state index contributed by atoms with van der Waals surface area (Å²) in [5, 5.41) is 0. The molecule has 0 saturated carbocycles. The zero-order valence-corrected chi connectivity index (χ0v) is 8.47. The van der Waals surface area contributed by atoms with E-state index in [-0.39, 0.29) is 12.3 Å². The van der Waals surface area contributed by atoms with Gasteiger partial charge in [0.2, 0.25) is 5.95 Å². The summed E-state index contributed by atoms with van der Waals surface area (Å²) in [7, 11) is 0. The molecule has 1 aromatic rings. The first-order valence-corrected chi connectivity index (χ1v) is 4.43. The summed E-state index contributed by atoms with van der Waals surface area (Å²) >= 11 is 3.04. The smallest absolute Gasteiger partial charge is 0.357 e. The Morgan fingerprint density at radius 2 is 2.38 bits per heavy atom. The first kappa shape index (κ1) is 10.1. The normalized spacial score (nSPS) is 9.77. The van der Waals surface area contributed by atoms with E-state index in [1.807, 2.05) is 0 Å². The average molecular weight is 248 g/mol. The molecular formula is C8H7BrFNO2. The van der Waals surface area contributed by atoms with Crippen molar-refractivity contribution in [1.82, 2.24) is 4.98 Å². The van der Waals surface area contributed by atoms with E-state index in [0.717, 1.165) is 0 Å². The molecule has 0 bridgehead atoms. The number of carbonyl (C=O) groups is 1. The summed E-state index contributed by atoms with van der Waals surface area (Å²) in [5.74, 6) is -1.33. The van der Waals surface area contributed by atoms with Gasteiger partial charge in [-0.3, -0.25) is 0 Å². The highest BCUT2D eigenvalue weighted by Gasteiger charge is 2.10. The Hall–Kier alpha value is -0.970. The van der Waals surface area contributed by atoms with Crippen molar-refractivity contribution in [3.05, 3.63) is 28.2 Å². The third-order valence-electron chi connectivity index (χ3n) is 1.24. The molecule has 0 N–H and O–H groups in total. The fraction of sp³-hybridized carbons (Fsp3) is 0.250. The molecule has 0 fully saturated rings. The van der Waals surface area contributed by atoms with Gasteiger partial charge >= 0.3 is 5.97 Å². The molecule has 0 aliphatic heterocycles. The number of hydrogen-bond acceptors (Lipinski definition) is 3. The molecule has 1 aromatic heterocycles. The maximum absolute atomic E-state index is 12.7. The molecule has 0 radical (unpaired) electrons. The second-order valence-corrected chi connectivity index (χ2v) is 3.13. The topological polar surface area (TPSA) is 39.2 Å². The van der Waals surface area contributed by atoms with Gasteiger partial charge in [-0.05, 0) is 13.0 Å². The minimum atomic E-state index is -0.711. The van der Waals surface area contributed by atoms with Crippen molar-refractivity contribution in [2.24, 2.45) is 0 Å². The maximum Gasteiger partial charge on any atom is 0.357 e. The molecule has 0 aromatic carbocycles. The van der Waals surface area contributed by atoms with Gasteiger partial charge in [-0.25, -0.2) is 9.78 Å². The summed E-state index contributed by atoms with van der Waals surface area (Å²) in [6.45, 7) is 1.92. The molecule has 0 aliphatic rings. The molecule has 3 nitrogen and oxygen atoms in total. The van der Waals surface area contributed by atoms with Gasteiger partial charge in [0.15, 0.2) is 5.69 Å². The van der Waals surface area contributed by atoms with Crippen molar-refractivity contribution >= 4 is 21.9 Å². The van der Waals surface area contributed by atoms with Crippen LogP contribution in [-0.2, 0) is 4.74 Å². The van der Waals surface area contributed by atoms with E-state index in [0.29, 0.717) is 4.47 Å². The Morgan fingerprint density at radius 1 is 1.69 bits per heavy atom. The molecule has 1 heterocycles. The second-order valence-electron chi connectivity index (χ2n) is 2.21. The molecule has 0 saturated heterocycles. The summed E-state index contributed by atoms with van der Waals surface area (Å²) in [6.07, 6.45) is 0. The zero-order chi connectivity index (χ0) is 9.84. The third-order valence-corrected chi connectivity index (χ3v) is 1.70. The SMILES string of the molecule is CCOC(=O)c1cc(Br)cc(F)n1. The Kier molecular flexibility index (Phi) is 3.36. The van der Waals surface area contributed by atoms with E-state index >= 15 is 0 Å². The predicted octanol–water partition coefficient (Wildman–Crippen LogP) is 2.16. The minimum Gasteiger partial charge on any atom is -0.461 e. The molecule has 0 spiro atoms. The number of nitrogens with zero attached hydrogens (tertiary/aromatic N) is 1. The number of pyridine rings is 1. The van der Waals surface area contributed by atoms with Crippen LogP contribution in [0.2, 0.25) is 0 Å². The van der Waals surface area contributed by atoms with Gasteiger partial charge in [0.05, 0.1) is 6.61 Å². The lowest BCUT2D eigenvalue weighted by molar-refractivity contribution is 0.0518. The number of aromatic nitrogens is 1. The highest BCUT2D eigenvalue weighted by atomic mass is 79.9. The standard InChI is InChI=1S/C8H7BrFNO2/c1-2-13-8(12)6-3-5(9)4-7(10)11-6/h3-4H,2H2,1H3. The number of halogens is 2. The van der Waals surface area contributed by atoms with Crippen molar-refractivity contribution in [2.45, 2.75) is 6.92 Å². The monoisotopic (exact) mass is 247 g/mol. The Morgan fingerprint density at radius 3 is 2.92 bits per heavy atom. The second kappa shape index (κ2) is 4.32. The van der Waals surface area contributed by atoms with Crippen LogP contribution in [0.25, 0.3) is 0 Å². The Labute approximate surface area is 83.1 Å². The molecular weight excluding hydrogens is 241 g/mol. The predicted molar refractivity (Wildman–Crippen MR) is 47.9 cm³/mol. The maximum atomic E-state index is 12.7. The number of carbonyl (C=O) groups excluding carboxylic acids is 1. The molecule has 0 amide bonds.